The van der Waals surface area contributed by atoms with Gasteiger partial charge < -0.3 is 18.8 Å². The van der Waals surface area contributed by atoms with Gasteiger partial charge >= 0.3 is 0 Å². The van der Waals surface area contributed by atoms with Crippen LogP contribution in [0.2, 0.25) is 0 Å². The van der Waals surface area contributed by atoms with E-state index in [4.69, 9.17) is 13.9 Å². The Labute approximate surface area is 130 Å². The van der Waals surface area contributed by atoms with Crippen molar-refractivity contribution in [1.82, 2.24) is 4.90 Å². The van der Waals surface area contributed by atoms with E-state index in [2.05, 4.69) is 0 Å². The van der Waals surface area contributed by atoms with E-state index < -0.39 is 0 Å². The fraction of sp³-hybridized carbons (Fsp3) is 0.353. The van der Waals surface area contributed by atoms with E-state index >= 15 is 0 Å². The highest BCUT2D eigenvalue weighted by molar-refractivity contribution is 5.94. The molecule has 5 nitrogen and oxygen atoms in total. The summed E-state index contributed by atoms with van der Waals surface area (Å²) in [7, 11) is 1.62. The summed E-state index contributed by atoms with van der Waals surface area (Å²) in [5.74, 6) is 1.44. The molecule has 118 valence electrons. The van der Waals surface area contributed by atoms with E-state index in [1.54, 1.807) is 42.5 Å². The number of nitrogens with zero attached hydrogens (tertiary/aromatic N) is 1. The van der Waals surface area contributed by atoms with E-state index in [9.17, 15) is 4.79 Å². The van der Waals surface area contributed by atoms with Crippen LogP contribution in [0.15, 0.2) is 47.1 Å². The van der Waals surface area contributed by atoms with Crippen LogP contribution in [0.1, 0.15) is 23.0 Å². The number of furan rings is 1. The van der Waals surface area contributed by atoms with Gasteiger partial charge in [-0.15, -0.1) is 0 Å². The average Bonchev–Trinajstić information content (AvgIpc) is 3.05. The maximum atomic E-state index is 12.6. The molecule has 1 amide bonds. The summed E-state index contributed by atoms with van der Waals surface area (Å²) >= 11 is 0. The van der Waals surface area contributed by atoms with Crippen LogP contribution in [0.5, 0.6) is 5.75 Å². The van der Waals surface area contributed by atoms with Gasteiger partial charge in [0.25, 0.3) is 5.91 Å². The fourth-order valence-corrected chi connectivity index (χ4v) is 2.09. The zero-order chi connectivity index (χ0) is 15.8. The fourth-order valence-electron chi connectivity index (χ4n) is 2.09. The smallest absolute Gasteiger partial charge is 0.254 e. The first-order valence-electron chi connectivity index (χ1n) is 7.28. The van der Waals surface area contributed by atoms with Gasteiger partial charge in [-0.2, -0.15) is 0 Å². The van der Waals surface area contributed by atoms with Crippen LogP contribution in [0.25, 0.3) is 0 Å². The number of amides is 1. The number of hydrogen-bond acceptors (Lipinski definition) is 4. The molecule has 0 bridgehead atoms. The van der Waals surface area contributed by atoms with Crippen LogP contribution in [-0.4, -0.2) is 37.7 Å². The Balaban J connectivity index is 2.09. The summed E-state index contributed by atoms with van der Waals surface area (Å²) in [6.07, 6.45) is 1.60. The lowest BCUT2D eigenvalue weighted by Crippen LogP contribution is -2.33. The molecule has 0 atom stereocenters. The molecule has 0 saturated heterocycles. The highest BCUT2D eigenvalue weighted by Crippen LogP contribution is 2.15. The van der Waals surface area contributed by atoms with Crippen molar-refractivity contribution in [2.45, 2.75) is 13.5 Å². The Morgan fingerprint density at radius 3 is 2.59 bits per heavy atom. The lowest BCUT2D eigenvalue weighted by Gasteiger charge is -2.21. The number of benzene rings is 1. The molecule has 1 aromatic carbocycles. The maximum Gasteiger partial charge on any atom is 0.254 e. The van der Waals surface area contributed by atoms with Gasteiger partial charge in [-0.1, -0.05) is 0 Å². The van der Waals surface area contributed by atoms with Crippen molar-refractivity contribution in [2.24, 2.45) is 0 Å². The molecule has 0 N–H and O–H groups in total. The Kier molecular flexibility index (Phi) is 6.03. The second kappa shape index (κ2) is 8.24. The number of ether oxygens (including phenoxy) is 2. The highest BCUT2D eigenvalue weighted by atomic mass is 16.5. The predicted octanol–water partition coefficient (Wildman–Crippen LogP) is 2.97. The number of carbonyl (C=O) groups excluding carboxylic acids is 1. The van der Waals surface area contributed by atoms with Crippen molar-refractivity contribution < 1.29 is 18.7 Å². The Hall–Kier alpha value is -2.27. The number of carbonyl (C=O) groups is 1. The second-order valence-corrected chi connectivity index (χ2v) is 4.76. The predicted molar refractivity (Wildman–Crippen MR) is 82.9 cm³/mol. The topological polar surface area (TPSA) is 51.9 Å². The van der Waals surface area contributed by atoms with Crippen molar-refractivity contribution in [3.63, 3.8) is 0 Å². The molecular weight excluding hydrogens is 282 g/mol. The van der Waals surface area contributed by atoms with Gasteiger partial charge in [0.1, 0.15) is 11.5 Å². The van der Waals surface area contributed by atoms with Gasteiger partial charge in [-0.05, 0) is 43.3 Å². The highest BCUT2D eigenvalue weighted by Gasteiger charge is 2.17. The van der Waals surface area contributed by atoms with E-state index in [-0.39, 0.29) is 5.91 Å². The first-order valence-corrected chi connectivity index (χ1v) is 7.28. The lowest BCUT2D eigenvalue weighted by molar-refractivity contribution is 0.0666. The Morgan fingerprint density at radius 2 is 2.00 bits per heavy atom. The first kappa shape index (κ1) is 16.1. The van der Waals surface area contributed by atoms with Crippen molar-refractivity contribution in [3.05, 3.63) is 54.0 Å². The standard InChI is InChI=1S/C17H21NO4/c1-3-21-15-8-6-14(7-9-15)17(19)18(10-12-20-2)13-16-5-4-11-22-16/h4-9,11H,3,10,12-13H2,1-2H3. The summed E-state index contributed by atoms with van der Waals surface area (Å²) in [5, 5.41) is 0. The van der Waals surface area contributed by atoms with E-state index in [1.807, 2.05) is 19.1 Å². The minimum Gasteiger partial charge on any atom is -0.494 e. The molecule has 0 aliphatic heterocycles. The SMILES string of the molecule is CCOc1ccc(C(=O)N(CCOC)Cc2ccco2)cc1. The zero-order valence-corrected chi connectivity index (χ0v) is 13.0. The van der Waals surface area contributed by atoms with Crippen LogP contribution < -0.4 is 4.74 Å². The molecule has 0 aliphatic carbocycles. The molecule has 0 unspecified atom stereocenters. The summed E-state index contributed by atoms with van der Waals surface area (Å²) in [6, 6.07) is 10.8. The Bertz CT molecular complexity index is 563. The average molecular weight is 303 g/mol. The molecule has 1 aromatic heterocycles. The third kappa shape index (κ3) is 4.36. The van der Waals surface area contributed by atoms with Gasteiger partial charge in [-0.3, -0.25) is 4.79 Å². The summed E-state index contributed by atoms with van der Waals surface area (Å²) in [4.78, 5) is 14.3. The summed E-state index contributed by atoms with van der Waals surface area (Å²) in [5.41, 5.74) is 0.617. The molecule has 0 aliphatic rings. The summed E-state index contributed by atoms with van der Waals surface area (Å²) < 4.78 is 15.8. The second-order valence-electron chi connectivity index (χ2n) is 4.76. The van der Waals surface area contributed by atoms with Crippen LogP contribution in [-0.2, 0) is 11.3 Å². The molecule has 5 heteroatoms. The monoisotopic (exact) mass is 303 g/mol. The maximum absolute atomic E-state index is 12.6. The van der Waals surface area contributed by atoms with Gasteiger partial charge in [0.2, 0.25) is 0 Å². The van der Waals surface area contributed by atoms with Crippen LogP contribution in [0.3, 0.4) is 0 Å². The Morgan fingerprint density at radius 1 is 1.23 bits per heavy atom. The zero-order valence-electron chi connectivity index (χ0n) is 13.0. The largest absolute Gasteiger partial charge is 0.494 e. The number of rotatable bonds is 8. The molecule has 1 heterocycles. The minimum absolute atomic E-state index is 0.0588. The molecule has 2 rings (SSSR count). The quantitative estimate of drug-likeness (QED) is 0.752. The van der Waals surface area contributed by atoms with Crippen LogP contribution >= 0.6 is 0 Å². The molecule has 0 radical (unpaired) electrons. The molecule has 0 saturated carbocycles. The van der Waals surface area contributed by atoms with E-state index in [0.717, 1.165) is 11.5 Å². The van der Waals surface area contributed by atoms with Gasteiger partial charge in [-0.25, -0.2) is 0 Å². The van der Waals surface area contributed by atoms with Crippen LogP contribution in [0, 0.1) is 0 Å². The molecule has 0 fully saturated rings. The molecule has 0 spiro atoms. The molecule has 22 heavy (non-hydrogen) atoms. The summed E-state index contributed by atoms with van der Waals surface area (Å²) in [6.45, 7) is 3.93. The third-order valence-electron chi connectivity index (χ3n) is 3.19. The van der Waals surface area contributed by atoms with Crippen molar-refractivity contribution in [2.75, 3.05) is 26.9 Å². The van der Waals surface area contributed by atoms with Crippen molar-refractivity contribution in [3.8, 4) is 5.75 Å². The van der Waals surface area contributed by atoms with Gasteiger partial charge in [0.15, 0.2) is 0 Å². The van der Waals surface area contributed by atoms with Crippen LogP contribution in [0.4, 0.5) is 0 Å². The third-order valence-corrected chi connectivity index (χ3v) is 3.19. The van der Waals surface area contributed by atoms with E-state index in [0.29, 0.717) is 31.9 Å². The number of methoxy groups -OCH3 is 1. The van der Waals surface area contributed by atoms with Gasteiger partial charge in [0.05, 0.1) is 26.0 Å². The minimum atomic E-state index is -0.0588. The lowest BCUT2D eigenvalue weighted by atomic mass is 10.2. The number of hydrogen-bond donors (Lipinski definition) is 0. The normalized spacial score (nSPS) is 10.5. The van der Waals surface area contributed by atoms with E-state index in [1.165, 1.54) is 0 Å². The molecular formula is C17H21NO4. The van der Waals surface area contributed by atoms with Gasteiger partial charge in [0, 0.05) is 19.2 Å². The first-order chi connectivity index (χ1) is 10.7. The van der Waals surface area contributed by atoms with Crippen molar-refractivity contribution >= 4 is 5.91 Å². The van der Waals surface area contributed by atoms with Crippen molar-refractivity contribution in [1.29, 1.82) is 0 Å². The molecule has 2 aromatic rings.